The third-order valence-electron chi connectivity index (χ3n) is 2.69. The highest BCUT2D eigenvalue weighted by Gasteiger charge is 2.08. The van der Waals surface area contributed by atoms with E-state index in [1.807, 2.05) is 17.8 Å². The number of nitrogens with zero attached hydrogens (tertiary/aromatic N) is 3. The average Bonchev–Trinajstić information content (AvgIpc) is 3.00. The van der Waals surface area contributed by atoms with Crippen LogP contribution in [0.5, 0.6) is 0 Å². The Morgan fingerprint density at radius 3 is 2.95 bits per heavy atom. The van der Waals surface area contributed by atoms with Crippen molar-refractivity contribution in [3.8, 4) is 0 Å². The van der Waals surface area contributed by atoms with Crippen LogP contribution in [0.1, 0.15) is 23.2 Å². The third-order valence-corrected chi connectivity index (χ3v) is 3.99. The Morgan fingerprint density at radius 1 is 1.38 bits per heavy atom. The van der Waals surface area contributed by atoms with Crippen molar-refractivity contribution >= 4 is 40.0 Å². The van der Waals surface area contributed by atoms with Gasteiger partial charge >= 0.3 is 0 Å². The number of carbonyl (C=O) groups excluding carboxylic acids is 1. The van der Waals surface area contributed by atoms with E-state index < -0.39 is 0 Å². The fraction of sp³-hybridized carbons (Fsp3) is 0.385. The summed E-state index contributed by atoms with van der Waals surface area (Å²) in [4.78, 5) is 16.2. The van der Waals surface area contributed by atoms with Crippen molar-refractivity contribution < 1.29 is 4.79 Å². The van der Waals surface area contributed by atoms with E-state index in [-0.39, 0.29) is 5.91 Å². The highest BCUT2D eigenvalue weighted by molar-refractivity contribution is 7.98. The Morgan fingerprint density at radius 2 is 2.29 bits per heavy atom. The maximum Gasteiger partial charge on any atom is 0.259 e. The molecule has 8 heteroatoms. The van der Waals surface area contributed by atoms with Crippen LogP contribution in [0.3, 0.4) is 0 Å². The second-order valence-corrected chi connectivity index (χ2v) is 6.08. The lowest BCUT2D eigenvalue weighted by molar-refractivity contribution is 0.102. The molecule has 0 saturated heterocycles. The van der Waals surface area contributed by atoms with Crippen molar-refractivity contribution in [3.05, 3.63) is 29.4 Å². The van der Waals surface area contributed by atoms with Gasteiger partial charge in [-0.1, -0.05) is 11.3 Å². The minimum atomic E-state index is -0.231. The molecule has 0 saturated carbocycles. The lowest BCUT2D eigenvalue weighted by Gasteiger charge is -2.06. The number of aromatic nitrogens is 3. The number of anilines is 2. The molecule has 0 radical (unpaired) electrons. The van der Waals surface area contributed by atoms with Gasteiger partial charge in [-0.15, -0.1) is 10.2 Å². The summed E-state index contributed by atoms with van der Waals surface area (Å²) < 4.78 is 0. The zero-order valence-corrected chi connectivity index (χ0v) is 13.3. The molecule has 0 unspecified atom stereocenters. The van der Waals surface area contributed by atoms with Crippen LogP contribution >= 0.6 is 23.1 Å². The summed E-state index contributed by atoms with van der Waals surface area (Å²) in [5.74, 6) is 1.73. The lowest BCUT2D eigenvalue weighted by atomic mass is 10.2. The first kappa shape index (κ1) is 15.7. The van der Waals surface area contributed by atoms with E-state index in [4.69, 9.17) is 0 Å². The summed E-state index contributed by atoms with van der Waals surface area (Å²) in [6, 6.07) is 3.55. The van der Waals surface area contributed by atoms with Crippen LogP contribution in [-0.4, -0.2) is 39.6 Å². The Balaban J connectivity index is 1.79. The Hall–Kier alpha value is -1.67. The van der Waals surface area contributed by atoms with Gasteiger partial charge in [-0.25, -0.2) is 4.98 Å². The molecular formula is C13H17N5OS2. The fourth-order valence-corrected chi connectivity index (χ4v) is 2.55. The molecule has 2 aromatic heterocycles. The van der Waals surface area contributed by atoms with Gasteiger partial charge in [0.2, 0.25) is 5.13 Å². The highest BCUT2D eigenvalue weighted by Crippen LogP contribution is 2.11. The highest BCUT2D eigenvalue weighted by atomic mass is 32.2. The molecule has 2 aromatic rings. The normalized spacial score (nSPS) is 10.3. The van der Waals surface area contributed by atoms with Gasteiger partial charge in [0, 0.05) is 12.7 Å². The number of amides is 1. The van der Waals surface area contributed by atoms with E-state index in [2.05, 4.69) is 32.1 Å². The van der Waals surface area contributed by atoms with Gasteiger partial charge in [0.25, 0.3) is 5.91 Å². The van der Waals surface area contributed by atoms with Crippen LogP contribution in [0.2, 0.25) is 0 Å². The molecule has 0 aliphatic rings. The van der Waals surface area contributed by atoms with Gasteiger partial charge in [0.15, 0.2) is 0 Å². The van der Waals surface area contributed by atoms with Crippen LogP contribution in [0, 0.1) is 0 Å². The first-order valence-electron chi connectivity index (χ1n) is 6.56. The zero-order valence-electron chi connectivity index (χ0n) is 11.7. The number of rotatable bonds is 8. The van der Waals surface area contributed by atoms with Crippen molar-refractivity contribution in [2.24, 2.45) is 0 Å². The van der Waals surface area contributed by atoms with Crippen molar-refractivity contribution in [3.63, 3.8) is 0 Å². The summed E-state index contributed by atoms with van der Waals surface area (Å²) in [6.07, 6.45) is 5.97. The molecule has 0 aliphatic carbocycles. The molecule has 21 heavy (non-hydrogen) atoms. The van der Waals surface area contributed by atoms with Gasteiger partial charge in [0.05, 0.1) is 5.56 Å². The standard InChI is InChI=1S/C13H17N5OS2/c1-20-7-3-2-6-14-11-5-4-10(8-15-11)12(19)17-13-18-16-9-21-13/h4-5,8-9H,2-3,6-7H2,1H3,(H,14,15)(H,17,18,19). The topological polar surface area (TPSA) is 79.8 Å². The van der Waals surface area contributed by atoms with Crippen molar-refractivity contribution in [2.75, 3.05) is 29.2 Å². The summed E-state index contributed by atoms with van der Waals surface area (Å²) in [5.41, 5.74) is 2.07. The van der Waals surface area contributed by atoms with Crippen LogP contribution in [0.15, 0.2) is 23.8 Å². The van der Waals surface area contributed by atoms with E-state index in [0.29, 0.717) is 10.7 Å². The molecule has 0 spiro atoms. The number of unbranched alkanes of at least 4 members (excludes halogenated alkanes) is 1. The lowest BCUT2D eigenvalue weighted by Crippen LogP contribution is -2.12. The molecule has 0 aliphatic heterocycles. The number of thioether (sulfide) groups is 1. The van der Waals surface area contributed by atoms with Crippen LogP contribution in [-0.2, 0) is 0 Å². The number of hydrogen-bond donors (Lipinski definition) is 2. The number of hydrogen-bond acceptors (Lipinski definition) is 7. The Kier molecular flexibility index (Phi) is 6.42. The molecule has 2 rings (SSSR count). The van der Waals surface area contributed by atoms with E-state index in [0.717, 1.165) is 18.8 Å². The minimum absolute atomic E-state index is 0.231. The maximum atomic E-state index is 11.9. The van der Waals surface area contributed by atoms with Gasteiger partial charge in [-0.2, -0.15) is 11.8 Å². The van der Waals surface area contributed by atoms with Crippen molar-refractivity contribution in [2.45, 2.75) is 12.8 Å². The third kappa shape index (κ3) is 5.31. The molecule has 0 fully saturated rings. The second-order valence-electron chi connectivity index (χ2n) is 4.26. The summed E-state index contributed by atoms with van der Waals surface area (Å²) in [5, 5.41) is 13.8. The van der Waals surface area contributed by atoms with Crippen molar-refractivity contribution in [1.82, 2.24) is 15.2 Å². The summed E-state index contributed by atoms with van der Waals surface area (Å²) in [7, 11) is 0. The van der Waals surface area contributed by atoms with Gasteiger partial charge in [-0.05, 0) is 37.0 Å². The number of nitrogens with one attached hydrogen (secondary N) is 2. The molecule has 2 heterocycles. The number of pyridine rings is 1. The van der Waals surface area contributed by atoms with Crippen LogP contribution < -0.4 is 10.6 Å². The molecule has 6 nitrogen and oxygen atoms in total. The molecule has 2 N–H and O–H groups in total. The SMILES string of the molecule is CSCCCCNc1ccc(C(=O)Nc2nncs2)cn1. The summed E-state index contributed by atoms with van der Waals surface area (Å²) >= 11 is 3.14. The Labute approximate surface area is 131 Å². The number of carbonyl (C=O) groups is 1. The zero-order chi connectivity index (χ0) is 14.9. The molecule has 0 bridgehead atoms. The first-order chi connectivity index (χ1) is 10.3. The largest absolute Gasteiger partial charge is 0.370 e. The van der Waals surface area contributed by atoms with E-state index in [1.54, 1.807) is 17.8 Å². The predicted molar refractivity (Wildman–Crippen MR) is 88.2 cm³/mol. The quantitative estimate of drug-likeness (QED) is 0.727. The van der Waals surface area contributed by atoms with Crippen LogP contribution in [0.25, 0.3) is 0 Å². The second kappa shape index (κ2) is 8.58. The van der Waals surface area contributed by atoms with Gasteiger partial charge in [0.1, 0.15) is 11.3 Å². The fourth-order valence-electron chi connectivity index (χ4n) is 1.62. The van der Waals surface area contributed by atoms with Crippen molar-refractivity contribution in [1.29, 1.82) is 0 Å². The maximum absolute atomic E-state index is 11.9. The smallest absolute Gasteiger partial charge is 0.259 e. The van der Waals surface area contributed by atoms with E-state index in [1.165, 1.54) is 23.5 Å². The Bertz CT molecular complexity index is 544. The van der Waals surface area contributed by atoms with E-state index >= 15 is 0 Å². The van der Waals surface area contributed by atoms with Crippen LogP contribution in [0.4, 0.5) is 10.9 Å². The molecule has 0 aromatic carbocycles. The average molecular weight is 323 g/mol. The van der Waals surface area contributed by atoms with Gasteiger partial charge in [-0.3, -0.25) is 10.1 Å². The molecule has 1 amide bonds. The first-order valence-corrected chi connectivity index (χ1v) is 8.83. The summed E-state index contributed by atoms with van der Waals surface area (Å²) in [6.45, 7) is 0.893. The predicted octanol–water partition coefficient (Wildman–Crippen LogP) is 2.74. The monoisotopic (exact) mass is 323 g/mol. The van der Waals surface area contributed by atoms with Gasteiger partial charge < -0.3 is 5.32 Å². The molecule has 112 valence electrons. The van der Waals surface area contributed by atoms with E-state index in [9.17, 15) is 4.79 Å². The molecule has 0 atom stereocenters. The minimum Gasteiger partial charge on any atom is -0.370 e. The molecular weight excluding hydrogens is 306 g/mol.